The number of carbonyl (C=O) groups is 1. The van der Waals surface area contributed by atoms with E-state index in [1.54, 1.807) is 48.7 Å². The quantitative estimate of drug-likeness (QED) is 0.171. The Balaban J connectivity index is 1.69. The fourth-order valence-corrected chi connectivity index (χ4v) is 2.19. The number of benzene rings is 2. The lowest BCUT2D eigenvalue weighted by Gasteiger charge is -2.09. The summed E-state index contributed by atoms with van der Waals surface area (Å²) in [5.74, 6) is 0.431. The van der Waals surface area contributed by atoms with Gasteiger partial charge in [0.25, 0.3) is 6.26 Å². The average molecular weight is 379 g/mol. The highest BCUT2D eigenvalue weighted by Gasteiger charge is 2.11. The van der Waals surface area contributed by atoms with E-state index in [4.69, 9.17) is 30.9 Å². The summed E-state index contributed by atoms with van der Waals surface area (Å²) in [6, 6.07) is 11.7. The molecule has 0 spiro atoms. The smallest absolute Gasteiger partial charge is 0.340 e. The van der Waals surface area contributed by atoms with Gasteiger partial charge in [-0.05, 0) is 42.0 Å². The van der Waals surface area contributed by atoms with Gasteiger partial charge < -0.3 is 25.7 Å². The van der Waals surface area contributed by atoms with E-state index in [0.29, 0.717) is 35.9 Å². The minimum absolute atomic E-state index is 0.185. The Kier molecular flexibility index (Phi) is 7.49. The van der Waals surface area contributed by atoms with Crippen LogP contribution < -0.4 is 16.2 Å². The van der Waals surface area contributed by atoms with Crippen LogP contribution in [0, 0.1) is 11.5 Å². The number of carbonyl (C=O) groups excluding carboxylic acids is 1. The van der Waals surface area contributed by atoms with Crippen LogP contribution in [0.4, 0.5) is 11.4 Å². The molecule has 2 aromatic carbocycles. The Labute approximate surface area is 163 Å². The summed E-state index contributed by atoms with van der Waals surface area (Å²) < 4.78 is 15.4. The number of hydrogen-bond donors (Lipinski definition) is 2. The highest BCUT2D eigenvalue weighted by atomic mass is 16.5. The lowest BCUT2D eigenvalue weighted by Crippen LogP contribution is -2.11. The van der Waals surface area contributed by atoms with Gasteiger partial charge in [0.15, 0.2) is 0 Å². The highest BCUT2D eigenvalue weighted by Crippen LogP contribution is 2.17. The zero-order chi connectivity index (χ0) is 20.4. The normalized spacial score (nSPS) is 10.2. The summed E-state index contributed by atoms with van der Waals surface area (Å²) in [4.78, 5) is 12.0. The van der Waals surface area contributed by atoms with Crippen LogP contribution in [0.3, 0.4) is 0 Å². The van der Waals surface area contributed by atoms with Gasteiger partial charge in [0.05, 0.1) is 18.8 Å². The topological polar surface area (TPSA) is 121 Å². The van der Waals surface area contributed by atoms with Crippen molar-refractivity contribution in [1.29, 1.82) is 5.26 Å². The molecule has 0 aromatic heterocycles. The van der Waals surface area contributed by atoms with Crippen LogP contribution in [-0.2, 0) is 9.47 Å². The number of nitrogens with zero attached hydrogens (tertiary/aromatic N) is 1. The van der Waals surface area contributed by atoms with Crippen molar-refractivity contribution in [2.75, 3.05) is 24.7 Å². The van der Waals surface area contributed by atoms with E-state index in [1.807, 2.05) is 6.08 Å². The van der Waals surface area contributed by atoms with Gasteiger partial charge >= 0.3 is 5.97 Å². The first kappa shape index (κ1) is 20.4. The average Bonchev–Trinajstić information content (AvgIpc) is 2.69. The van der Waals surface area contributed by atoms with Gasteiger partial charge in [0.2, 0.25) is 0 Å². The number of hydrogen-bond acceptors (Lipinski definition) is 7. The van der Waals surface area contributed by atoms with E-state index < -0.39 is 5.97 Å². The second-order valence-corrected chi connectivity index (χ2v) is 5.75. The molecule has 4 N–H and O–H groups in total. The Hall–Kier alpha value is -3.92. The van der Waals surface area contributed by atoms with Gasteiger partial charge in [0.1, 0.15) is 11.5 Å². The predicted octanol–water partition coefficient (Wildman–Crippen LogP) is 3.50. The first-order valence-corrected chi connectivity index (χ1v) is 8.47. The summed E-state index contributed by atoms with van der Waals surface area (Å²) in [6.45, 7) is 4.33. The largest absolute Gasteiger partial charge is 0.494 e. The number of allylic oxidation sites excluding steroid dienone is 1. The van der Waals surface area contributed by atoms with Crippen molar-refractivity contribution < 1.29 is 19.0 Å². The molecule has 144 valence electrons. The van der Waals surface area contributed by atoms with Gasteiger partial charge in [-0.25, -0.2) is 4.79 Å². The van der Waals surface area contributed by atoms with Crippen LogP contribution in [-0.4, -0.2) is 19.2 Å². The summed E-state index contributed by atoms with van der Waals surface area (Å²) in [7, 11) is 0. The fraction of sp³-hybridized carbons (Fsp3) is 0.143. The molecule has 0 aliphatic carbocycles. The van der Waals surface area contributed by atoms with E-state index in [2.05, 4.69) is 6.58 Å². The molecule has 0 bridgehead atoms. The molecular weight excluding hydrogens is 358 g/mol. The number of esters is 1. The fourth-order valence-electron chi connectivity index (χ4n) is 2.19. The van der Waals surface area contributed by atoms with Crippen molar-refractivity contribution in [3.63, 3.8) is 0 Å². The van der Waals surface area contributed by atoms with E-state index in [1.165, 1.54) is 6.07 Å². The maximum absolute atomic E-state index is 12.0. The van der Waals surface area contributed by atoms with Gasteiger partial charge in [-0.2, -0.15) is 0 Å². The minimum Gasteiger partial charge on any atom is -0.494 e. The molecule has 28 heavy (non-hydrogen) atoms. The van der Waals surface area contributed by atoms with Crippen LogP contribution in [0.2, 0.25) is 0 Å². The van der Waals surface area contributed by atoms with Crippen molar-refractivity contribution in [3.8, 4) is 12.0 Å². The Morgan fingerprint density at radius 3 is 2.54 bits per heavy atom. The zero-order valence-electron chi connectivity index (χ0n) is 15.3. The summed E-state index contributed by atoms with van der Waals surface area (Å²) >= 11 is 0. The predicted molar refractivity (Wildman–Crippen MR) is 107 cm³/mol. The molecule has 0 saturated carbocycles. The summed E-state index contributed by atoms with van der Waals surface area (Å²) in [5, 5.41) is 8.44. The molecule has 7 nitrogen and oxygen atoms in total. The van der Waals surface area contributed by atoms with Crippen molar-refractivity contribution in [3.05, 3.63) is 72.0 Å². The van der Waals surface area contributed by atoms with E-state index in [9.17, 15) is 4.79 Å². The molecule has 0 aliphatic heterocycles. The molecule has 0 saturated heterocycles. The molecule has 0 unspecified atom stereocenters. The second-order valence-electron chi connectivity index (χ2n) is 5.75. The van der Waals surface area contributed by atoms with Gasteiger partial charge in [0, 0.05) is 17.8 Å². The van der Waals surface area contributed by atoms with Gasteiger partial charge in [-0.1, -0.05) is 24.8 Å². The number of nitrogens with two attached hydrogens (primary N) is 2. The lowest BCUT2D eigenvalue weighted by atomic mass is 10.1. The molecule has 0 heterocycles. The third kappa shape index (κ3) is 6.42. The van der Waals surface area contributed by atoms with Crippen molar-refractivity contribution in [2.24, 2.45) is 0 Å². The number of rotatable bonds is 9. The Bertz CT molecular complexity index is 899. The van der Waals surface area contributed by atoms with Gasteiger partial charge in [-0.15, -0.1) is 5.26 Å². The maximum atomic E-state index is 12.0. The first-order valence-electron chi connectivity index (χ1n) is 8.47. The number of ether oxygens (including phenoxy) is 3. The molecule has 2 aromatic rings. The lowest BCUT2D eigenvalue weighted by molar-refractivity contribution is 0.0476. The summed E-state index contributed by atoms with van der Waals surface area (Å²) in [5.41, 5.74) is 13.3. The minimum atomic E-state index is -0.521. The zero-order valence-corrected chi connectivity index (χ0v) is 15.3. The molecule has 0 atom stereocenters. The Morgan fingerprint density at radius 1 is 1.11 bits per heavy atom. The third-order valence-corrected chi connectivity index (χ3v) is 3.61. The van der Waals surface area contributed by atoms with E-state index >= 15 is 0 Å². The molecule has 7 heteroatoms. The number of nitriles is 1. The van der Waals surface area contributed by atoms with Crippen molar-refractivity contribution in [1.82, 2.24) is 0 Å². The molecule has 0 amide bonds. The van der Waals surface area contributed by atoms with E-state index in [0.717, 1.165) is 5.56 Å². The van der Waals surface area contributed by atoms with Crippen LogP contribution >= 0.6 is 0 Å². The van der Waals surface area contributed by atoms with Crippen LogP contribution in [0.5, 0.6) is 5.75 Å². The Morgan fingerprint density at radius 2 is 1.82 bits per heavy atom. The molecular formula is C21H21N3O4. The molecule has 0 radical (unpaired) electrons. The van der Waals surface area contributed by atoms with Gasteiger partial charge in [-0.3, -0.25) is 0 Å². The standard InChI is InChI=1S/C21H21N3O4/c1-15(3-4-16-5-8-18(9-6-16)28-14-22)26-11-2-12-27-21(25)19-13-17(23)7-10-20(19)24/h3-10,13H,1-2,11-12,23-24H2/b4-3+. The second kappa shape index (κ2) is 10.3. The molecule has 0 aliphatic rings. The van der Waals surface area contributed by atoms with Crippen molar-refractivity contribution in [2.45, 2.75) is 6.42 Å². The number of nitrogen functional groups attached to an aromatic ring is 2. The van der Waals surface area contributed by atoms with Crippen molar-refractivity contribution >= 4 is 23.4 Å². The van der Waals surface area contributed by atoms with E-state index in [-0.39, 0.29) is 12.2 Å². The summed E-state index contributed by atoms with van der Waals surface area (Å²) in [6.07, 6.45) is 5.66. The molecule has 2 rings (SSSR count). The first-order chi connectivity index (χ1) is 13.5. The SMILES string of the molecule is C=C(/C=C/c1ccc(OC#N)cc1)OCCCOC(=O)c1cc(N)ccc1N. The highest BCUT2D eigenvalue weighted by molar-refractivity contribution is 5.96. The number of anilines is 2. The van der Waals surface area contributed by atoms with Crippen LogP contribution in [0.1, 0.15) is 22.3 Å². The molecule has 0 fully saturated rings. The van der Waals surface area contributed by atoms with Crippen LogP contribution in [0.15, 0.2) is 60.9 Å². The van der Waals surface area contributed by atoms with Crippen LogP contribution in [0.25, 0.3) is 6.08 Å². The maximum Gasteiger partial charge on any atom is 0.340 e. The monoisotopic (exact) mass is 379 g/mol. The third-order valence-electron chi connectivity index (χ3n) is 3.61.